The zero-order valence-corrected chi connectivity index (χ0v) is 11.1. The molecular weight excluding hydrogens is 262 g/mol. The van der Waals surface area contributed by atoms with Crippen LogP contribution in [0.2, 0.25) is 5.02 Å². The molecule has 0 unspecified atom stereocenters. The van der Waals surface area contributed by atoms with E-state index in [0.717, 1.165) is 19.3 Å². The first-order valence-corrected chi connectivity index (χ1v) is 7.18. The lowest BCUT2D eigenvalue weighted by atomic mass is 9.81. The van der Waals surface area contributed by atoms with Crippen LogP contribution in [-0.4, -0.2) is 11.8 Å². The Balaban J connectivity index is 1.73. The Labute approximate surface area is 116 Å². The van der Waals surface area contributed by atoms with Gasteiger partial charge in [-0.15, -0.1) is 0 Å². The normalized spacial score (nSPS) is 36.2. The summed E-state index contributed by atoms with van der Waals surface area (Å²) >= 11 is 5.85. The van der Waals surface area contributed by atoms with Crippen LogP contribution in [-0.2, 0) is 9.59 Å². The van der Waals surface area contributed by atoms with Crippen molar-refractivity contribution in [2.45, 2.75) is 19.3 Å². The van der Waals surface area contributed by atoms with Gasteiger partial charge in [-0.05, 0) is 55.4 Å². The number of rotatable bonds is 1. The Bertz CT molecular complexity index is 540. The number of nitrogens with zero attached hydrogens (tertiary/aromatic N) is 1. The van der Waals surface area contributed by atoms with E-state index >= 15 is 0 Å². The molecule has 0 radical (unpaired) electrons. The average molecular weight is 276 g/mol. The highest BCUT2D eigenvalue weighted by atomic mass is 35.5. The molecule has 3 nitrogen and oxygen atoms in total. The summed E-state index contributed by atoms with van der Waals surface area (Å²) in [4.78, 5) is 26.5. The third-order valence-corrected chi connectivity index (χ3v) is 5.26. The molecule has 3 aliphatic rings. The number of hydrogen-bond donors (Lipinski definition) is 0. The third-order valence-electron chi connectivity index (χ3n) is 5.01. The fraction of sp³-hybridized carbons (Fsp3) is 0.467. The summed E-state index contributed by atoms with van der Waals surface area (Å²) in [5, 5.41) is 0.614. The van der Waals surface area contributed by atoms with E-state index in [2.05, 4.69) is 0 Å². The highest BCUT2D eigenvalue weighted by Crippen LogP contribution is 2.56. The highest BCUT2D eigenvalue weighted by molar-refractivity contribution is 6.30. The number of carbonyl (C=O) groups excluding carboxylic acids is 2. The van der Waals surface area contributed by atoms with Crippen LogP contribution in [0.15, 0.2) is 24.3 Å². The van der Waals surface area contributed by atoms with Gasteiger partial charge in [0.25, 0.3) is 0 Å². The molecule has 4 atom stereocenters. The van der Waals surface area contributed by atoms with Gasteiger partial charge in [-0.1, -0.05) is 11.6 Å². The summed E-state index contributed by atoms with van der Waals surface area (Å²) in [6, 6.07) is 6.95. The largest absolute Gasteiger partial charge is 0.274 e. The molecule has 4 rings (SSSR count). The molecule has 2 aliphatic carbocycles. The maximum absolute atomic E-state index is 12.5. The molecule has 2 saturated carbocycles. The summed E-state index contributed by atoms with van der Waals surface area (Å²) in [6.45, 7) is 0. The Kier molecular flexibility index (Phi) is 2.31. The van der Waals surface area contributed by atoms with E-state index in [4.69, 9.17) is 11.6 Å². The summed E-state index contributed by atoms with van der Waals surface area (Å²) < 4.78 is 0. The molecule has 1 aromatic rings. The van der Waals surface area contributed by atoms with Crippen LogP contribution >= 0.6 is 11.6 Å². The molecule has 1 aliphatic heterocycles. The first-order chi connectivity index (χ1) is 9.16. The monoisotopic (exact) mass is 275 g/mol. The Hall–Kier alpha value is -1.35. The molecular formula is C15H14ClNO2. The lowest BCUT2D eigenvalue weighted by molar-refractivity contribution is -0.123. The van der Waals surface area contributed by atoms with Crippen LogP contribution in [0, 0.1) is 23.7 Å². The molecule has 2 amide bonds. The Morgan fingerprint density at radius 2 is 1.47 bits per heavy atom. The minimum absolute atomic E-state index is 0.00419. The SMILES string of the molecule is O=C1[C@@H]2[C@@H]3CC[C@H](C3)[C@@H]2C(=O)N1c1ccc(Cl)cc1. The van der Waals surface area contributed by atoms with Crippen molar-refractivity contribution in [3.8, 4) is 0 Å². The van der Waals surface area contributed by atoms with Gasteiger partial charge in [0, 0.05) is 5.02 Å². The predicted molar refractivity (Wildman–Crippen MR) is 71.8 cm³/mol. The second kappa shape index (κ2) is 3.83. The molecule has 4 heteroatoms. The molecule has 1 aromatic carbocycles. The van der Waals surface area contributed by atoms with Crippen LogP contribution in [0.5, 0.6) is 0 Å². The summed E-state index contributed by atoms with van der Waals surface area (Å²) in [7, 11) is 0. The molecule has 2 bridgehead atoms. The van der Waals surface area contributed by atoms with Crippen molar-refractivity contribution in [2.75, 3.05) is 4.90 Å². The van der Waals surface area contributed by atoms with Gasteiger partial charge >= 0.3 is 0 Å². The average Bonchev–Trinajstić information content (AvgIpc) is 3.06. The van der Waals surface area contributed by atoms with Gasteiger partial charge < -0.3 is 0 Å². The van der Waals surface area contributed by atoms with Crippen LogP contribution in [0.4, 0.5) is 5.69 Å². The quantitative estimate of drug-likeness (QED) is 0.739. The van der Waals surface area contributed by atoms with Crippen LogP contribution in [0.3, 0.4) is 0 Å². The Morgan fingerprint density at radius 1 is 0.947 bits per heavy atom. The fourth-order valence-corrected chi connectivity index (χ4v) is 4.38. The molecule has 0 spiro atoms. The summed E-state index contributed by atoms with van der Waals surface area (Å²) in [5.41, 5.74) is 0.660. The van der Waals surface area contributed by atoms with Crippen LogP contribution in [0.1, 0.15) is 19.3 Å². The topological polar surface area (TPSA) is 37.4 Å². The van der Waals surface area contributed by atoms with Crippen molar-refractivity contribution in [2.24, 2.45) is 23.7 Å². The number of benzene rings is 1. The number of halogens is 1. The number of fused-ring (bicyclic) bond motifs is 5. The van der Waals surface area contributed by atoms with E-state index in [-0.39, 0.29) is 23.7 Å². The minimum Gasteiger partial charge on any atom is -0.274 e. The minimum atomic E-state index is -0.0538. The van der Waals surface area contributed by atoms with E-state index in [9.17, 15) is 9.59 Å². The molecule has 0 N–H and O–H groups in total. The third kappa shape index (κ3) is 1.45. The van der Waals surface area contributed by atoms with E-state index in [1.165, 1.54) is 4.90 Å². The van der Waals surface area contributed by atoms with Crippen molar-refractivity contribution >= 4 is 29.1 Å². The van der Waals surface area contributed by atoms with E-state index in [1.54, 1.807) is 24.3 Å². The maximum Gasteiger partial charge on any atom is 0.237 e. The second-order valence-electron chi connectivity index (χ2n) is 5.87. The predicted octanol–water partition coefficient (Wildman–Crippen LogP) is 2.88. The van der Waals surface area contributed by atoms with Crippen molar-refractivity contribution in [3.63, 3.8) is 0 Å². The van der Waals surface area contributed by atoms with Gasteiger partial charge in [0.1, 0.15) is 0 Å². The molecule has 3 fully saturated rings. The number of hydrogen-bond acceptors (Lipinski definition) is 2. The van der Waals surface area contributed by atoms with Gasteiger partial charge in [0.15, 0.2) is 0 Å². The van der Waals surface area contributed by atoms with Crippen molar-refractivity contribution in [1.29, 1.82) is 0 Å². The lowest BCUT2D eigenvalue weighted by Gasteiger charge is -2.19. The molecule has 98 valence electrons. The van der Waals surface area contributed by atoms with Crippen LogP contribution in [0.25, 0.3) is 0 Å². The van der Waals surface area contributed by atoms with Gasteiger partial charge in [-0.25, -0.2) is 0 Å². The van der Waals surface area contributed by atoms with Gasteiger partial charge in [0.2, 0.25) is 11.8 Å². The number of amides is 2. The first-order valence-electron chi connectivity index (χ1n) is 6.80. The smallest absolute Gasteiger partial charge is 0.237 e. The summed E-state index contributed by atoms with van der Waals surface area (Å²) in [6.07, 6.45) is 3.29. The highest BCUT2D eigenvalue weighted by Gasteiger charge is 2.61. The lowest BCUT2D eigenvalue weighted by Crippen LogP contribution is -2.32. The standard InChI is InChI=1S/C15H14ClNO2/c16-10-3-5-11(6-4-10)17-14(18)12-8-1-2-9(7-8)13(12)15(17)19/h3-6,8-9,12-13H,1-2,7H2/t8-,9-,12-,13+/m1/s1. The Morgan fingerprint density at radius 3 is 2.00 bits per heavy atom. The van der Waals surface area contributed by atoms with Crippen molar-refractivity contribution < 1.29 is 9.59 Å². The maximum atomic E-state index is 12.5. The fourth-order valence-electron chi connectivity index (χ4n) is 4.25. The van der Waals surface area contributed by atoms with E-state index in [1.807, 2.05) is 0 Å². The van der Waals surface area contributed by atoms with E-state index < -0.39 is 0 Å². The van der Waals surface area contributed by atoms with Crippen molar-refractivity contribution in [3.05, 3.63) is 29.3 Å². The summed E-state index contributed by atoms with van der Waals surface area (Å²) in [5.74, 6) is 0.769. The molecule has 19 heavy (non-hydrogen) atoms. The van der Waals surface area contributed by atoms with E-state index in [0.29, 0.717) is 22.5 Å². The zero-order valence-electron chi connectivity index (χ0n) is 10.4. The van der Waals surface area contributed by atoms with Crippen molar-refractivity contribution in [1.82, 2.24) is 0 Å². The van der Waals surface area contributed by atoms with Crippen LogP contribution < -0.4 is 4.90 Å². The van der Waals surface area contributed by atoms with Gasteiger partial charge in [-0.3, -0.25) is 14.5 Å². The van der Waals surface area contributed by atoms with Gasteiger partial charge in [-0.2, -0.15) is 0 Å². The second-order valence-corrected chi connectivity index (χ2v) is 6.31. The number of imide groups is 1. The van der Waals surface area contributed by atoms with Gasteiger partial charge in [0.05, 0.1) is 17.5 Å². The molecule has 1 heterocycles. The molecule has 1 saturated heterocycles. The first kappa shape index (κ1) is 11.5. The number of carbonyl (C=O) groups is 2. The molecule has 0 aromatic heterocycles. The number of anilines is 1. The zero-order chi connectivity index (χ0) is 13.1.